The third-order valence-corrected chi connectivity index (χ3v) is 4.58. The summed E-state index contributed by atoms with van der Waals surface area (Å²) in [7, 11) is 0. The molecular formula is C19H19FN4O. The first-order valence-corrected chi connectivity index (χ1v) is 8.52. The summed E-state index contributed by atoms with van der Waals surface area (Å²) in [5.41, 5.74) is 1.50. The molecule has 25 heavy (non-hydrogen) atoms. The Labute approximate surface area is 145 Å². The van der Waals surface area contributed by atoms with Crippen LogP contribution in [0.4, 0.5) is 4.39 Å². The number of piperidine rings is 1. The number of hydrogen-bond donors (Lipinski definition) is 0. The molecular weight excluding hydrogens is 319 g/mol. The quantitative estimate of drug-likeness (QED) is 0.720. The van der Waals surface area contributed by atoms with Crippen LogP contribution in [0.5, 0.6) is 0 Å². The first kappa shape index (κ1) is 15.9. The first-order chi connectivity index (χ1) is 12.3. The molecule has 3 heterocycles. The van der Waals surface area contributed by atoms with Crippen molar-refractivity contribution in [3.8, 4) is 11.5 Å². The molecule has 1 aromatic carbocycles. The standard InChI is InChI=1S/C19H19FN4O/c20-16-8-2-1-6-15(16)13-24-11-4-3-9-17(24)19-23-22-18(25-19)14-7-5-10-21-12-14/h1-2,5-8,10,12,17H,3-4,9,11,13H2. The molecule has 0 saturated carbocycles. The molecule has 4 rings (SSSR count). The van der Waals surface area contributed by atoms with Crippen LogP contribution >= 0.6 is 0 Å². The average molecular weight is 338 g/mol. The molecule has 1 aliphatic heterocycles. The van der Waals surface area contributed by atoms with E-state index in [-0.39, 0.29) is 11.9 Å². The Balaban J connectivity index is 1.57. The van der Waals surface area contributed by atoms with Gasteiger partial charge in [0, 0.05) is 24.5 Å². The van der Waals surface area contributed by atoms with Gasteiger partial charge in [-0.05, 0) is 37.6 Å². The van der Waals surface area contributed by atoms with Crippen LogP contribution in [-0.2, 0) is 6.54 Å². The molecule has 1 fully saturated rings. The van der Waals surface area contributed by atoms with Gasteiger partial charge in [0.2, 0.25) is 11.8 Å². The Morgan fingerprint density at radius 3 is 2.88 bits per heavy atom. The normalized spacial score (nSPS) is 18.4. The summed E-state index contributed by atoms with van der Waals surface area (Å²) in [6, 6.07) is 10.7. The van der Waals surface area contributed by atoms with Crippen LogP contribution in [0, 0.1) is 5.82 Å². The molecule has 0 radical (unpaired) electrons. The minimum Gasteiger partial charge on any atom is -0.419 e. The molecule has 1 saturated heterocycles. The number of hydrogen-bond acceptors (Lipinski definition) is 5. The van der Waals surface area contributed by atoms with Crippen molar-refractivity contribution in [2.75, 3.05) is 6.54 Å². The largest absolute Gasteiger partial charge is 0.419 e. The van der Waals surface area contributed by atoms with Crippen LogP contribution in [0.15, 0.2) is 53.2 Å². The molecule has 2 aromatic heterocycles. The van der Waals surface area contributed by atoms with Gasteiger partial charge in [0.1, 0.15) is 5.82 Å². The van der Waals surface area contributed by atoms with E-state index in [1.165, 1.54) is 6.07 Å². The molecule has 6 heteroatoms. The predicted molar refractivity (Wildman–Crippen MR) is 90.9 cm³/mol. The Hall–Kier alpha value is -2.60. The predicted octanol–water partition coefficient (Wildman–Crippen LogP) is 4.00. The van der Waals surface area contributed by atoms with Crippen molar-refractivity contribution in [1.29, 1.82) is 0 Å². The molecule has 0 amide bonds. The molecule has 3 aromatic rings. The second-order valence-corrected chi connectivity index (χ2v) is 6.26. The summed E-state index contributed by atoms with van der Waals surface area (Å²) in [5.74, 6) is 0.891. The highest BCUT2D eigenvalue weighted by atomic mass is 19.1. The molecule has 1 aliphatic rings. The van der Waals surface area contributed by atoms with Crippen LogP contribution in [0.2, 0.25) is 0 Å². The van der Waals surface area contributed by atoms with Gasteiger partial charge in [-0.3, -0.25) is 9.88 Å². The van der Waals surface area contributed by atoms with Gasteiger partial charge in [-0.2, -0.15) is 0 Å². The third kappa shape index (κ3) is 3.44. The maximum atomic E-state index is 14.0. The lowest BCUT2D eigenvalue weighted by molar-refractivity contribution is 0.117. The average Bonchev–Trinajstić information content (AvgIpc) is 3.15. The van der Waals surface area contributed by atoms with Crippen molar-refractivity contribution in [2.24, 2.45) is 0 Å². The number of halogens is 1. The van der Waals surface area contributed by atoms with Crippen molar-refractivity contribution in [3.05, 3.63) is 66.1 Å². The summed E-state index contributed by atoms with van der Waals surface area (Å²) in [6.07, 6.45) is 6.54. The Morgan fingerprint density at radius 2 is 2.04 bits per heavy atom. The summed E-state index contributed by atoms with van der Waals surface area (Å²) >= 11 is 0. The number of pyridine rings is 1. The zero-order valence-corrected chi connectivity index (χ0v) is 13.8. The zero-order chi connectivity index (χ0) is 17.1. The zero-order valence-electron chi connectivity index (χ0n) is 13.8. The summed E-state index contributed by atoms with van der Waals surface area (Å²) in [6.45, 7) is 1.44. The van der Waals surface area contributed by atoms with Gasteiger partial charge in [-0.15, -0.1) is 10.2 Å². The monoisotopic (exact) mass is 338 g/mol. The fraction of sp³-hybridized carbons (Fsp3) is 0.316. The maximum absolute atomic E-state index is 14.0. The van der Waals surface area contributed by atoms with Crippen molar-refractivity contribution in [1.82, 2.24) is 20.1 Å². The Morgan fingerprint density at radius 1 is 1.12 bits per heavy atom. The topological polar surface area (TPSA) is 55.1 Å². The van der Waals surface area contributed by atoms with E-state index < -0.39 is 0 Å². The molecule has 0 spiro atoms. The van der Waals surface area contributed by atoms with Crippen molar-refractivity contribution in [3.63, 3.8) is 0 Å². The van der Waals surface area contributed by atoms with Crippen LogP contribution in [0.3, 0.4) is 0 Å². The molecule has 0 N–H and O–H groups in total. The van der Waals surface area contributed by atoms with Crippen molar-refractivity contribution < 1.29 is 8.81 Å². The lowest BCUT2D eigenvalue weighted by Crippen LogP contribution is -2.33. The van der Waals surface area contributed by atoms with Gasteiger partial charge >= 0.3 is 0 Å². The molecule has 0 bridgehead atoms. The van der Waals surface area contributed by atoms with E-state index >= 15 is 0 Å². The van der Waals surface area contributed by atoms with Crippen molar-refractivity contribution >= 4 is 0 Å². The van der Waals surface area contributed by atoms with Crippen molar-refractivity contribution in [2.45, 2.75) is 31.8 Å². The fourth-order valence-electron chi connectivity index (χ4n) is 3.28. The van der Waals surface area contributed by atoms with Crippen LogP contribution in [0.25, 0.3) is 11.5 Å². The van der Waals surface area contributed by atoms with Crippen LogP contribution < -0.4 is 0 Å². The van der Waals surface area contributed by atoms with Gasteiger partial charge in [0.05, 0.1) is 11.6 Å². The van der Waals surface area contributed by atoms with Crippen LogP contribution in [0.1, 0.15) is 36.8 Å². The van der Waals surface area contributed by atoms with E-state index in [0.717, 1.165) is 31.4 Å². The second-order valence-electron chi connectivity index (χ2n) is 6.26. The summed E-state index contributed by atoms with van der Waals surface area (Å²) < 4.78 is 19.9. The van der Waals surface area contributed by atoms with E-state index in [1.807, 2.05) is 24.3 Å². The lowest BCUT2D eigenvalue weighted by atomic mass is 10.0. The molecule has 0 aliphatic carbocycles. The third-order valence-electron chi connectivity index (χ3n) is 4.58. The minimum absolute atomic E-state index is 0.0197. The Kier molecular flexibility index (Phi) is 4.52. The molecule has 5 nitrogen and oxygen atoms in total. The number of nitrogens with zero attached hydrogens (tertiary/aromatic N) is 4. The Bertz CT molecular complexity index is 836. The second kappa shape index (κ2) is 7.11. The van der Waals surface area contributed by atoms with E-state index in [1.54, 1.807) is 18.5 Å². The van der Waals surface area contributed by atoms with Gasteiger partial charge in [0.25, 0.3) is 0 Å². The maximum Gasteiger partial charge on any atom is 0.249 e. The summed E-state index contributed by atoms with van der Waals surface area (Å²) in [4.78, 5) is 6.31. The number of aromatic nitrogens is 3. The van der Waals surface area contributed by atoms with Gasteiger partial charge in [-0.25, -0.2) is 4.39 Å². The molecule has 128 valence electrons. The molecule has 1 unspecified atom stereocenters. The van der Waals surface area contributed by atoms with E-state index in [2.05, 4.69) is 20.1 Å². The highest BCUT2D eigenvalue weighted by Gasteiger charge is 2.29. The van der Waals surface area contributed by atoms with Gasteiger partial charge < -0.3 is 4.42 Å². The molecule has 1 atom stereocenters. The highest BCUT2D eigenvalue weighted by molar-refractivity contribution is 5.49. The van der Waals surface area contributed by atoms with Crippen LogP contribution in [-0.4, -0.2) is 26.6 Å². The SMILES string of the molecule is Fc1ccccc1CN1CCCCC1c1nnc(-c2cccnc2)o1. The van der Waals surface area contributed by atoms with E-state index in [0.29, 0.717) is 23.9 Å². The number of likely N-dealkylation sites (tertiary alicyclic amines) is 1. The van der Waals surface area contributed by atoms with Gasteiger partial charge in [0.15, 0.2) is 0 Å². The summed E-state index contributed by atoms with van der Waals surface area (Å²) in [5, 5.41) is 8.41. The van der Waals surface area contributed by atoms with E-state index in [4.69, 9.17) is 4.42 Å². The van der Waals surface area contributed by atoms with E-state index in [9.17, 15) is 4.39 Å². The minimum atomic E-state index is -0.173. The lowest BCUT2D eigenvalue weighted by Gasteiger charge is -2.33. The van der Waals surface area contributed by atoms with Gasteiger partial charge in [-0.1, -0.05) is 24.6 Å². The smallest absolute Gasteiger partial charge is 0.249 e. The fourth-order valence-corrected chi connectivity index (χ4v) is 3.28. The number of benzene rings is 1. The number of rotatable bonds is 4. The highest BCUT2D eigenvalue weighted by Crippen LogP contribution is 2.33. The first-order valence-electron chi connectivity index (χ1n) is 8.52.